The van der Waals surface area contributed by atoms with Crippen LogP contribution >= 0.6 is 11.6 Å². The van der Waals surface area contributed by atoms with Crippen LogP contribution in [-0.2, 0) is 6.54 Å². The molecule has 7 nitrogen and oxygen atoms in total. The molecule has 1 N–H and O–H groups in total. The average Bonchev–Trinajstić information content (AvgIpc) is 3.15. The van der Waals surface area contributed by atoms with Crippen molar-refractivity contribution in [2.45, 2.75) is 6.54 Å². The van der Waals surface area contributed by atoms with Crippen molar-refractivity contribution in [3.8, 4) is 11.4 Å². The molecule has 1 heterocycles. The van der Waals surface area contributed by atoms with Crippen molar-refractivity contribution in [3.05, 3.63) is 64.9 Å². The molecule has 0 saturated carbocycles. The summed E-state index contributed by atoms with van der Waals surface area (Å²) in [5.41, 5.74) is 1.97. The van der Waals surface area contributed by atoms with Crippen LogP contribution in [0.25, 0.3) is 5.69 Å². The van der Waals surface area contributed by atoms with E-state index >= 15 is 0 Å². The first-order chi connectivity index (χ1) is 11.7. The molecule has 0 saturated heterocycles. The van der Waals surface area contributed by atoms with E-state index in [0.29, 0.717) is 22.8 Å². The molecule has 3 aromatic rings. The standard InChI is InChI=1S/C16H14ClN5O2/c1-24-13-5-2-11(3-6-13)9-18-16(23)14-8-12(4-7-15(14)17)22-10-19-20-21-22/h2-8,10H,9H2,1H3,(H,18,23). The van der Waals surface area contributed by atoms with Gasteiger partial charge in [-0.05, 0) is 46.3 Å². The molecule has 0 aliphatic heterocycles. The van der Waals surface area contributed by atoms with Crippen molar-refractivity contribution < 1.29 is 9.53 Å². The Labute approximate surface area is 143 Å². The highest BCUT2D eigenvalue weighted by Gasteiger charge is 2.12. The summed E-state index contributed by atoms with van der Waals surface area (Å²) in [7, 11) is 1.61. The van der Waals surface area contributed by atoms with E-state index in [9.17, 15) is 4.79 Å². The van der Waals surface area contributed by atoms with Crippen LogP contribution in [0.3, 0.4) is 0 Å². The normalized spacial score (nSPS) is 10.4. The maximum atomic E-state index is 12.4. The van der Waals surface area contributed by atoms with E-state index in [1.54, 1.807) is 25.3 Å². The van der Waals surface area contributed by atoms with E-state index in [1.807, 2.05) is 24.3 Å². The fourth-order valence-electron chi connectivity index (χ4n) is 2.13. The summed E-state index contributed by atoms with van der Waals surface area (Å²) in [4.78, 5) is 12.4. The molecule has 0 radical (unpaired) electrons. The van der Waals surface area contributed by atoms with Gasteiger partial charge in [0.05, 0.1) is 23.4 Å². The van der Waals surface area contributed by atoms with E-state index in [1.165, 1.54) is 11.0 Å². The van der Waals surface area contributed by atoms with Gasteiger partial charge in [0.2, 0.25) is 0 Å². The van der Waals surface area contributed by atoms with Crippen molar-refractivity contribution in [1.29, 1.82) is 0 Å². The van der Waals surface area contributed by atoms with Gasteiger partial charge < -0.3 is 10.1 Å². The smallest absolute Gasteiger partial charge is 0.253 e. The summed E-state index contributed by atoms with van der Waals surface area (Å²) in [5.74, 6) is 0.494. The van der Waals surface area contributed by atoms with E-state index in [-0.39, 0.29) is 5.91 Å². The Kier molecular flexibility index (Phi) is 4.72. The molecule has 24 heavy (non-hydrogen) atoms. The second-order valence-electron chi connectivity index (χ2n) is 4.95. The van der Waals surface area contributed by atoms with E-state index in [2.05, 4.69) is 20.8 Å². The predicted octanol–water partition coefficient (Wildman–Crippen LogP) is 2.25. The number of carbonyl (C=O) groups excluding carboxylic acids is 1. The van der Waals surface area contributed by atoms with Crippen LogP contribution in [0.4, 0.5) is 0 Å². The number of aromatic nitrogens is 4. The summed E-state index contributed by atoms with van der Waals surface area (Å²) in [6.07, 6.45) is 1.45. The lowest BCUT2D eigenvalue weighted by Crippen LogP contribution is -2.23. The van der Waals surface area contributed by atoms with Crippen molar-refractivity contribution in [1.82, 2.24) is 25.5 Å². The maximum absolute atomic E-state index is 12.4. The minimum atomic E-state index is -0.272. The Balaban J connectivity index is 1.73. The lowest BCUT2D eigenvalue weighted by Gasteiger charge is -2.09. The molecule has 122 valence electrons. The number of hydrogen-bond donors (Lipinski definition) is 1. The zero-order valence-electron chi connectivity index (χ0n) is 12.8. The molecule has 2 aromatic carbocycles. The van der Waals surface area contributed by atoms with Crippen LogP contribution in [0, 0.1) is 0 Å². The number of methoxy groups -OCH3 is 1. The lowest BCUT2D eigenvalue weighted by atomic mass is 10.1. The highest BCUT2D eigenvalue weighted by atomic mass is 35.5. The highest BCUT2D eigenvalue weighted by Crippen LogP contribution is 2.19. The fraction of sp³-hybridized carbons (Fsp3) is 0.125. The Morgan fingerprint density at radius 3 is 2.71 bits per heavy atom. The number of nitrogens with one attached hydrogen (secondary N) is 1. The second kappa shape index (κ2) is 7.10. The fourth-order valence-corrected chi connectivity index (χ4v) is 2.33. The van der Waals surface area contributed by atoms with Crippen molar-refractivity contribution in [2.24, 2.45) is 0 Å². The third-order valence-electron chi connectivity index (χ3n) is 3.42. The number of halogens is 1. The summed E-state index contributed by atoms with van der Waals surface area (Å²) in [6, 6.07) is 12.5. The number of ether oxygens (including phenoxy) is 1. The molecule has 0 spiro atoms. The quantitative estimate of drug-likeness (QED) is 0.768. The SMILES string of the molecule is COc1ccc(CNC(=O)c2cc(-n3cnnn3)ccc2Cl)cc1. The number of hydrogen-bond acceptors (Lipinski definition) is 5. The third-order valence-corrected chi connectivity index (χ3v) is 3.75. The van der Waals surface area contributed by atoms with Crippen LogP contribution in [0.15, 0.2) is 48.8 Å². The summed E-state index contributed by atoms with van der Waals surface area (Å²) in [5, 5.41) is 14.1. The molecule has 8 heteroatoms. The minimum Gasteiger partial charge on any atom is -0.497 e. The molecule has 0 bridgehead atoms. The van der Waals surface area contributed by atoms with Gasteiger partial charge in [0.1, 0.15) is 12.1 Å². The molecular weight excluding hydrogens is 330 g/mol. The first-order valence-corrected chi connectivity index (χ1v) is 7.49. The molecule has 1 amide bonds. The van der Waals surface area contributed by atoms with Crippen LogP contribution in [-0.4, -0.2) is 33.2 Å². The number of carbonyl (C=O) groups is 1. The first kappa shape index (κ1) is 15.9. The lowest BCUT2D eigenvalue weighted by molar-refractivity contribution is 0.0951. The topological polar surface area (TPSA) is 81.9 Å². The number of benzene rings is 2. The summed E-state index contributed by atoms with van der Waals surface area (Å²) in [6.45, 7) is 0.383. The first-order valence-electron chi connectivity index (χ1n) is 7.11. The Morgan fingerprint density at radius 2 is 2.04 bits per heavy atom. The van der Waals surface area contributed by atoms with Crippen molar-refractivity contribution in [2.75, 3.05) is 7.11 Å². The minimum absolute atomic E-state index is 0.272. The van der Waals surface area contributed by atoms with Crippen molar-refractivity contribution >= 4 is 17.5 Å². The molecular formula is C16H14ClN5O2. The third kappa shape index (κ3) is 3.52. The molecule has 0 atom stereocenters. The zero-order valence-corrected chi connectivity index (χ0v) is 13.6. The predicted molar refractivity (Wildman–Crippen MR) is 88.3 cm³/mol. The summed E-state index contributed by atoms with van der Waals surface area (Å²) < 4.78 is 6.56. The molecule has 0 fully saturated rings. The number of tetrazole rings is 1. The molecule has 0 aliphatic carbocycles. The van der Waals surface area contributed by atoms with Gasteiger partial charge in [0.15, 0.2) is 0 Å². The van der Waals surface area contributed by atoms with E-state index < -0.39 is 0 Å². The second-order valence-corrected chi connectivity index (χ2v) is 5.36. The number of rotatable bonds is 5. The zero-order chi connectivity index (χ0) is 16.9. The average molecular weight is 344 g/mol. The molecule has 0 aliphatic rings. The number of amides is 1. The van der Waals surface area contributed by atoms with Crippen molar-refractivity contribution in [3.63, 3.8) is 0 Å². The number of nitrogens with zero attached hydrogens (tertiary/aromatic N) is 4. The van der Waals surface area contributed by atoms with Crippen LogP contribution in [0.5, 0.6) is 5.75 Å². The molecule has 1 aromatic heterocycles. The van der Waals surface area contributed by atoms with Crippen LogP contribution < -0.4 is 10.1 Å². The van der Waals surface area contributed by atoms with E-state index in [0.717, 1.165) is 11.3 Å². The van der Waals surface area contributed by atoms with Gasteiger partial charge in [0.25, 0.3) is 5.91 Å². The monoisotopic (exact) mass is 343 g/mol. The molecule has 0 unspecified atom stereocenters. The summed E-state index contributed by atoms with van der Waals surface area (Å²) >= 11 is 6.14. The van der Waals surface area contributed by atoms with Crippen LogP contribution in [0.1, 0.15) is 15.9 Å². The van der Waals surface area contributed by atoms with Gasteiger partial charge in [-0.1, -0.05) is 23.7 Å². The Morgan fingerprint density at radius 1 is 1.25 bits per heavy atom. The molecule has 3 rings (SSSR count). The van der Waals surface area contributed by atoms with E-state index in [4.69, 9.17) is 16.3 Å². The van der Waals surface area contributed by atoms with Gasteiger partial charge in [-0.15, -0.1) is 5.10 Å². The van der Waals surface area contributed by atoms with Gasteiger partial charge in [-0.3, -0.25) is 4.79 Å². The Bertz CT molecular complexity index is 834. The van der Waals surface area contributed by atoms with Gasteiger partial charge in [0, 0.05) is 6.54 Å². The Hall–Kier alpha value is -2.93. The largest absolute Gasteiger partial charge is 0.497 e. The maximum Gasteiger partial charge on any atom is 0.253 e. The van der Waals surface area contributed by atoms with Crippen LogP contribution in [0.2, 0.25) is 5.02 Å². The van der Waals surface area contributed by atoms with Gasteiger partial charge in [-0.2, -0.15) is 0 Å². The van der Waals surface area contributed by atoms with Gasteiger partial charge >= 0.3 is 0 Å². The van der Waals surface area contributed by atoms with Gasteiger partial charge in [-0.25, -0.2) is 4.68 Å². The highest BCUT2D eigenvalue weighted by molar-refractivity contribution is 6.33.